The maximum atomic E-state index is 12.1. The zero-order valence-corrected chi connectivity index (χ0v) is 19.7. The third-order valence-corrected chi connectivity index (χ3v) is 4.60. The number of methoxy groups -OCH3 is 1. The van der Waals surface area contributed by atoms with Crippen molar-refractivity contribution < 1.29 is 38.1 Å². The summed E-state index contributed by atoms with van der Waals surface area (Å²) < 4.78 is 20.6. The van der Waals surface area contributed by atoms with Gasteiger partial charge in [0.25, 0.3) is 5.91 Å². The molecule has 2 aromatic carbocycles. The molecule has 35 heavy (non-hydrogen) atoms. The molecule has 0 bridgehead atoms. The number of rotatable bonds is 7. The Morgan fingerprint density at radius 3 is 2.14 bits per heavy atom. The number of imide groups is 1. The van der Waals surface area contributed by atoms with Crippen molar-refractivity contribution >= 4 is 30.1 Å². The summed E-state index contributed by atoms with van der Waals surface area (Å²) in [5.41, 5.74) is 0.727. The van der Waals surface area contributed by atoms with Crippen LogP contribution in [0.3, 0.4) is 0 Å². The van der Waals surface area contributed by atoms with Gasteiger partial charge in [0.2, 0.25) is 0 Å². The Bertz CT molecular complexity index is 1130. The molecule has 1 aliphatic rings. The van der Waals surface area contributed by atoms with E-state index in [1.165, 1.54) is 13.2 Å². The Kier molecular flexibility index (Phi) is 7.75. The number of esters is 1. The quantitative estimate of drug-likeness (QED) is 0.347. The lowest BCUT2D eigenvalue weighted by Crippen LogP contribution is -2.45. The monoisotopic (exact) mass is 482 g/mol. The fraction of sp³-hybridized carbons (Fsp3) is 0.280. The second kappa shape index (κ2) is 10.7. The van der Waals surface area contributed by atoms with Crippen molar-refractivity contribution in [1.29, 1.82) is 0 Å². The highest BCUT2D eigenvalue weighted by molar-refractivity contribution is 6.09. The van der Waals surface area contributed by atoms with Crippen LogP contribution in [0.5, 0.6) is 11.5 Å². The third-order valence-electron chi connectivity index (χ3n) is 4.60. The van der Waals surface area contributed by atoms with E-state index in [0.29, 0.717) is 17.1 Å². The van der Waals surface area contributed by atoms with Gasteiger partial charge in [-0.15, -0.1) is 0 Å². The number of carbonyl (C=O) groups is 4. The topological polar surface area (TPSA) is 129 Å². The molecule has 0 spiro atoms. The van der Waals surface area contributed by atoms with Gasteiger partial charge >= 0.3 is 18.2 Å². The van der Waals surface area contributed by atoms with E-state index in [9.17, 15) is 19.2 Å². The van der Waals surface area contributed by atoms with Crippen molar-refractivity contribution in [3.8, 4) is 11.5 Å². The molecule has 0 aliphatic carbocycles. The number of alkyl carbamates (subject to hydrolysis) is 2. The summed E-state index contributed by atoms with van der Waals surface area (Å²) in [4.78, 5) is 46.8. The molecule has 3 amide bonds. The highest BCUT2D eigenvalue weighted by atomic mass is 16.6. The molecule has 0 aromatic heterocycles. The van der Waals surface area contributed by atoms with Crippen molar-refractivity contribution in [2.45, 2.75) is 38.8 Å². The number of cyclic esters (lactones) is 1. The first kappa shape index (κ1) is 25.3. The predicted molar refractivity (Wildman–Crippen MR) is 124 cm³/mol. The molecule has 2 aromatic rings. The van der Waals surface area contributed by atoms with Gasteiger partial charge in [0.1, 0.15) is 23.1 Å². The van der Waals surface area contributed by atoms with Gasteiger partial charge in [0.05, 0.1) is 7.11 Å². The summed E-state index contributed by atoms with van der Waals surface area (Å²) >= 11 is 0. The molecular weight excluding hydrogens is 456 g/mol. The van der Waals surface area contributed by atoms with E-state index < -0.39 is 35.7 Å². The Morgan fingerprint density at radius 1 is 1.03 bits per heavy atom. The molecule has 1 saturated heterocycles. The minimum atomic E-state index is -0.912. The van der Waals surface area contributed by atoms with Crippen LogP contribution in [0.1, 0.15) is 31.9 Å². The van der Waals surface area contributed by atoms with Crippen LogP contribution in [0.2, 0.25) is 0 Å². The number of benzene rings is 2. The summed E-state index contributed by atoms with van der Waals surface area (Å²) in [5, 5.41) is 4.57. The molecule has 1 fully saturated rings. The summed E-state index contributed by atoms with van der Waals surface area (Å²) in [6, 6.07) is 12.9. The van der Waals surface area contributed by atoms with Gasteiger partial charge in [-0.05, 0) is 62.2 Å². The molecule has 10 heteroatoms. The molecular formula is C25H26N2O8. The van der Waals surface area contributed by atoms with E-state index in [1.807, 2.05) is 5.32 Å². The second-order valence-electron chi connectivity index (χ2n) is 8.59. The van der Waals surface area contributed by atoms with E-state index in [-0.39, 0.29) is 12.2 Å². The predicted octanol–water partition coefficient (Wildman–Crippen LogP) is 3.70. The van der Waals surface area contributed by atoms with Crippen LogP contribution >= 0.6 is 0 Å². The number of nitrogens with one attached hydrogen (secondary N) is 2. The zero-order valence-electron chi connectivity index (χ0n) is 19.7. The van der Waals surface area contributed by atoms with Gasteiger partial charge < -0.3 is 24.3 Å². The average Bonchev–Trinajstić information content (AvgIpc) is 3.10. The van der Waals surface area contributed by atoms with Crippen molar-refractivity contribution in [3.63, 3.8) is 0 Å². The SMILES string of the molecule is COC(=O)C(Cc1ccc(Oc2ccc(/C=C3\OC(=O)NC3=O)cc2)cc1)NC(=O)OC(C)(C)C. The van der Waals surface area contributed by atoms with Crippen molar-refractivity contribution in [3.05, 3.63) is 65.4 Å². The molecule has 3 rings (SSSR count). The molecule has 1 aliphatic heterocycles. The minimum Gasteiger partial charge on any atom is -0.467 e. The highest BCUT2D eigenvalue weighted by Crippen LogP contribution is 2.24. The largest absolute Gasteiger partial charge is 0.467 e. The number of ether oxygens (including phenoxy) is 4. The van der Waals surface area contributed by atoms with E-state index in [2.05, 4.69) is 5.32 Å². The third kappa shape index (κ3) is 7.60. The van der Waals surface area contributed by atoms with E-state index in [1.54, 1.807) is 69.3 Å². The normalized spacial score (nSPS) is 15.1. The van der Waals surface area contributed by atoms with Crippen LogP contribution in [0.4, 0.5) is 9.59 Å². The first-order valence-corrected chi connectivity index (χ1v) is 10.7. The standard InChI is InChI=1S/C25H26N2O8/c1-25(2,3)35-24(31)26-19(22(29)32-4)13-15-5-9-17(10-6-15)33-18-11-7-16(8-12-18)14-20-21(28)27-23(30)34-20/h5-12,14,19H,13H2,1-4H3,(H,26,31)(H,27,28,30)/b20-14-. The molecule has 0 saturated carbocycles. The van der Waals surface area contributed by atoms with Gasteiger partial charge in [-0.3, -0.25) is 10.1 Å². The lowest BCUT2D eigenvalue weighted by Gasteiger charge is -2.22. The lowest BCUT2D eigenvalue weighted by molar-refractivity contribution is -0.143. The van der Waals surface area contributed by atoms with Crippen LogP contribution in [-0.4, -0.2) is 42.8 Å². The first-order valence-electron chi connectivity index (χ1n) is 10.7. The summed E-state index contributed by atoms with van der Waals surface area (Å²) in [6.45, 7) is 5.19. The maximum Gasteiger partial charge on any atom is 0.419 e. The highest BCUT2D eigenvalue weighted by Gasteiger charge is 2.26. The molecule has 0 radical (unpaired) electrons. The molecule has 1 heterocycles. The number of hydrogen-bond donors (Lipinski definition) is 2. The van der Waals surface area contributed by atoms with Crippen LogP contribution < -0.4 is 15.4 Å². The van der Waals surface area contributed by atoms with Gasteiger partial charge in [-0.1, -0.05) is 24.3 Å². The van der Waals surface area contributed by atoms with Gasteiger partial charge in [-0.2, -0.15) is 0 Å². The fourth-order valence-electron chi connectivity index (χ4n) is 3.06. The van der Waals surface area contributed by atoms with Gasteiger partial charge in [-0.25, -0.2) is 14.4 Å². The van der Waals surface area contributed by atoms with Crippen LogP contribution in [-0.2, 0) is 30.2 Å². The lowest BCUT2D eigenvalue weighted by atomic mass is 10.1. The second-order valence-corrected chi connectivity index (χ2v) is 8.59. The molecule has 2 N–H and O–H groups in total. The number of amides is 3. The van der Waals surface area contributed by atoms with Gasteiger partial charge in [0, 0.05) is 6.42 Å². The number of hydrogen-bond acceptors (Lipinski definition) is 8. The fourth-order valence-corrected chi connectivity index (χ4v) is 3.06. The number of carbonyl (C=O) groups excluding carboxylic acids is 4. The van der Waals surface area contributed by atoms with Crippen LogP contribution in [0, 0.1) is 0 Å². The van der Waals surface area contributed by atoms with Crippen LogP contribution in [0.25, 0.3) is 6.08 Å². The summed E-state index contributed by atoms with van der Waals surface area (Å²) in [7, 11) is 1.25. The zero-order chi connectivity index (χ0) is 25.6. The van der Waals surface area contributed by atoms with Crippen molar-refractivity contribution in [2.75, 3.05) is 7.11 Å². The Hall–Kier alpha value is -4.34. The van der Waals surface area contributed by atoms with E-state index >= 15 is 0 Å². The minimum absolute atomic E-state index is 0.0781. The smallest absolute Gasteiger partial charge is 0.419 e. The van der Waals surface area contributed by atoms with Gasteiger partial charge in [0.15, 0.2) is 5.76 Å². The summed E-state index contributed by atoms with van der Waals surface area (Å²) in [6.07, 6.45) is 0.136. The van der Waals surface area contributed by atoms with Crippen molar-refractivity contribution in [1.82, 2.24) is 10.6 Å². The van der Waals surface area contributed by atoms with Crippen molar-refractivity contribution in [2.24, 2.45) is 0 Å². The van der Waals surface area contributed by atoms with Crippen LogP contribution in [0.15, 0.2) is 54.3 Å². The summed E-state index contributed by atoms with van der Waals surface area (Å²) in [5.74, 6) is -0.154. The average molecular weight is 482 g/mol. The van der Waals surface area contributed by atoms with E-state index in [0.717, 1.165) is 5.56 Å². The molecule has 1 atom stereocenters. The molecule has 184 valence electrons. The first-order chi connectivity index (χ1) is 16.5. The van der Waals surface area contributed by atoms with E-state index in [4.69, 9.17) is 18.9 Å². The Balaban J connectivity index is 1.61. The Morgan fingerprint density at radius 2 is 1.63 bits per heavy atom. The Labute approximate surface area is 202 Å². The maximum absolute atomic E-state index is 12.1. The molecule has 1 unspecified atom stereocenters. The molecule has 10 nitrogen and oxygen atoms in total.